The number of hydrogen-bond acceptors (Lipinski definition) is 3. The maximum Gasteiger partial charge on any atom is 0.0542 e. The van der Waals surface area contributed by atoms with Crippen molar-refractivity contribution in [2.45, 2.75) is 38.5 Å². The summed E-state index contributed by atoms with van der Waals surface area (Å²) in [7, 11) is 0. The van der Waals surface area contributed by atoms with Crippen LogP contribution in [-0.2, 0) is 0 Å². The maximum atomic E-state index is 6.02. The predicted octanol–water partition coefficient (Wildman–Crippen LogP) is 3.59. The largest absolute Gasteiger partial charge is 0.327 e. The van der Waals surface area contributed by atoms with Gasteiger partial charge in [-0.15, -0.1) is 11.3 Å². The normalized spacial score (nSPS) is 15.4. The van der Waals surface area contributed by atoms with Crippen LogP contribution in [0.15, 0.2) is 11.4 Å². The third kappa shape index (κ3) is 3.01. The van der Waals surface area contributed by atoms with Gasteiger partial charge in [0.25, 0.3) is 0 Å². The molecule has 0 saturated heterocycles. The Morgan fingerprint density at radius 1 is 1.57 bits per heavy atom. The quantitative estimate of drug-likeness (QED) is 0.835. The lowest BCUT2D eigenvalue weighted by molar-refractivity contribution is 0.726. The Kier molecular flexibility index (Phi) is 4.99. The van der Waals surface area contributed by atoms with Crippen molar-refractivity contribution in [3.05, 3.63) is 21.9 Å². The molecule has 1 nitrogen and oxygen atoms in total. The van der Waals surface area contributed by atoms with E-state index in [0.29, 0.717) is 5.25 Å². The van der Waals surface area contributed by atoms with Crippen LogP contribution in [0, 0.1) is 6.92 Å². The number of thioether (sulfide) groups is 1. The fraction of sp³-hybridized carbons (Fsp3) is 0.636. The molecule has 0 amide bonds. The molecule has 2 unspecified atom stereocenters. The van der Waals surface area contributed by atoms with Gasteiger partial charge in [0.05, 0.1) is 5.25 Å². The Hall–Kier alpha value is 0.01000. The molecule has 2 N–H and O–H groups in total. The fourth-order valence-electron chi connectivity index (χ4n) is 1.39. The molecule has 1 rings (SSSR count). The molecule has 14 heavy (non-hydrogen) atoms. The van der Waals surface area contributed by atoms with Crippen LogP contribution in [0.2, 0.25) is 0 Å². The van der Waals surface area contributed by atoms with Gasteiger partial charge in [0.1, 0.15) is 0 Å². The standard InChI is InChI=1S/C11H19NS2/c1-4-6-13-11(9(3)12)10-8(2)5-7-14-10/h5,7,9,11H,4,6,12H2,1-3H3. The molecule has 80 valence electrons. The Morgan fingerprint density at radius 2 is 2.29 bits per heavy atom. The topological polar surface area (TPSA) is 26.0 Å². The van der Waals surface area contributed by atoms with Gasteiger partial charge in [0.15, 0.2) is 0 Å². The zero-order chi connectivity index (χ0) is 10.6. The molecule has 3 heteroatoms. The molecule has 0 aliphatic carbocycles. The molecule has 1 aromatic rings. The predicted molar refractivity (Wildman–Crippen MR) is 68.2 cm³/mol. The van der Waals surface area contributed by atoms with Crippen LogP contribution in [0.1, 0.15) is 36.0 Å². The third-order valence-corrected chi connectivity index (χ3v) is 5.06. The lowest BCUT2D eigenvalue weighted by Crippen LogP contribution is -2.22. The number of thiophene rings is 1. The van der Waals surface area contributed by atoms with Crippen LogP contribution in [0.4, 0.5) is 0 Å². The van der Waals surface area contributed by atoms with Gasteiger partial charge in [-0.1, -0.05) is 6.92 Å². The van der Waals surface area contributed by atoms with Crippen molar-refractivity contribution in [2.75, 3.05) is 5.75 Å². The van der Waals surface area contributed by atoms with Gasteiger partial charge in [0, 0.05) is 10.9 Å². The Bertz CT molecular complexity index is 268. The summed E-state index contributed by atoms with van der Waals surface area (Å²) in [6, 6.07) is 2.42. The van der Waals surface area contributed by atoms with E-state index < -0.39 is 0 Å². The second-order valence-corrected chi connectivity index (χ2v) is 5.82. The summed E-state index contributed by atoms with van der Waals surface area (Å²) in [5.41, 5.74) is 7.41. The monoisotopic (exact) mass is 229 g/mol. The molecular weight excluding hydrogens is 210 g/mol. The van der Waals surface area contributed by atoms with Crippen LogP contribution >= 0.6 is 23.1 Å². The second kappa shape index (κ2) is 5.79. The highest BCUT2D eigenvalue weighted by Crippen LogP contribution is 2.36. The first-order valence-corrected chi connectivity index (χ1v) is 7.00. The molecule has 0 aromatic carbocycles. The van der Waals surface area contributed by atoms with E-state index in [1.165, 1.54) is 22.6 Å². The first-order chi connectivity index (χ1) is 6.66. The Labute approximate surface area is 95.1 Å². The van der Waals surface area contributed by atoms with Crippen molar-refractivity contribution < 1.29 is 0 Å². The molecule has 0 aliphatic heterocycles. The Balaban J connectivity index is 2.73. The van der Waals surface area contributed by atoms with E-state index in [9.17, 15) is 0 Å². The number of hydrogen-bond donors (Lipinski definition) is 1. The molecular formula is C11H19NS2. The minimum absolute atomic E-state index is 0.240. The van der Waals surface area contributed by atoms with E-state index in [4.69, 9.17) is 5.73 Å². The average molecular weight is 229 g/mol. The van der Waals surface area contributed by atoms with Gasteiger partial charge in [-0.25, -0.2) is 0 Å². The van der Waals surface area contributed by atoms with Gasteiger partial charge in [-0.2, -0.15) is 11.8 Å². The summed E-state index contributed by atoms with van der Waals surface area (Å²) in [5, 5.41) is 2.64. The zero-order valence-electron chi connectivity index (χ0n) is 9.12. The van der Waals surface area contributed by atoms with Crippen molar-refractivity contribution in [3.8, 4) is 0 Å². The molecule has 0 saturated carbocycles. The molecule has 1 aromatic heterocycles. The van der Waals surface area contributed by atoms with E-state index in [2.05, 4.69) is 32.2 Å². The first kappa shape index (κ1) is 12.1. The minimum Gasteiger partial charge on any atom is -0.327 e. The van der Waals surface area contributed by atoms with Gasteiger partial charge >= 0.3 is 0 Å². The summed E-state index contributed by atoms with van der Waals surface area (Å²) in [4.78, 5) is 1.46. The van der Waals surface area contributed by atoms with Crippen molar-refractivity contribution >= 4 is 23.1 Å². The van der Waals surface area contributed by atoms with Crippen molar-refractivity contribution in [2.24, 2.45) is 5.73 Å². The van der Waals surface area contributed by atoms with E-state index in [1.807, 2.05) is 23.1 Å². The van der Waals surface area contributed by atoms with Crippen LogP contribution < -0.4 is 5.73 Å². The van der Waals surface area contributed by atoms with E-state index >= 15 is 0 Å². The molecule has 2 atom stereocenters. The van der Waals surface area contributed by atoms with Crippen molar-refractivity contribution in [3.63, 3.8) is 0 Å². The molecule has 0 radical (unpaired) electrons. The number of nitrogens with two attached hydrogens (primary N) is 1. The Morgan fingerprint density at radius 3 is 2.71 bits per heavy atom. The van der Waals surface area contributed by atoms with E-state index in [-0.39, 0.29) is 6.04 Å². The van der Waals surface area contributed by atoms with Crippen molar-refractivity contribution in [1.82, 2.24) is 0 Å². The summed E-state index contributed by atoms with van der Waals surface area (Å²) < 4.78 is 0. The summed E-state index contributed by atoms with van der Waals surface area (Å²) >= 11 is 3.82. The zero-order valence-corrected chi connectivity index (χ0v) is 10.8. The fourth-order valence-corrected chi connectivity index (χ4v) is 3.91. The summed E-state index contributed by atoms with van der Waals surface area (Å²) in [5.74, 6) is 1.20. The van der Waals surface area contributed by atoms with Gasteiger partial charge < -0.3 is 5.73 Å². The van der Waals surface area contributed by atoms with Gasteiger partial charge in [0.2, 0.25) is 0 Å². The number of aryl methyl sites for hydroxylation is 1. The third-order valence-electron chi connectivity index (χ3n) is 2.14. The lowest BCUT2D eigenvalue weighted by atomic mass is 10.1. The van der Waals surface area contributed by atoms with Gasteiger partial charge in [-0.3, -0.25) is 0 Å². The maximum absolute atomic E-state index is 6.02. The highest BCUT2D eigenvalue weighted by molar-refractivity contribution is 7.99. The lowest BCUT2D eigenvalue weighted by Gasteiger charge is -2.19. The minimum atomic E-state index is 0.240. The van der Waals surface area contributed by atoms with Crippen molar-refractivity contribution in [1.29, 1.82) is 0 Å². The first-order valence-electron chi connectivity index (χ1n) is 5.08. The highest BCUT2D eigenvalue weighted by Gasteiger charge is 2.19. The van der Waals surface area contributed by atoms with Crippen LogP contribution in [0.5, 0.6) is 0 Å². The SMILES string of the molecule is CCCSC(c1sccc1C)C(C)N. The smallest absolute Gasteiger partial charge is 0.0542 e. The second-order valence-electron chi connectivity index (χ2n) is 3.62. The van der Waals surface area contributed by atoms with E-state index in [0.717, 1.165) is 0 Å². The molecule has 0 aliphatic rings. The summed E-state index contributed by atoms with van der Waals surface area (Å²) in [6.07, 6.45) is 1.22. The van der Waals surface area contributed by atoms with E-state index in [1.54, 1.807) is 0 Å². The highest BCUT2D eigenvalue weighted by atomic mass is 32.2. The van der Waals surface area contributed by atoms with Crippen LogP contribution in [0.3, 0.4) is 0 Å². The van der Waals surface area contributed by atoms with Crippen LogP contribution in [0.25, 0.3) is 0 Å². The molecule has 1 heterocycles. The average Bonchev–Trinajstić information content (AvgIpc) is 2.52. The summed E-state index contributed by atoms with van der Waals surface area (Å²) in [6.45, 7) is 6.49. The molecule has 0 fully saturated rings. The number of rotatable bonds is 5. The van der Waals surface area contributed by atoms with Gasteiger partial charge in [-0.05, 0) is 43.0 Å². The molecule has 0 spiro atoms. The molecule has 0 bridgehead atoms. The van der Waals surface area contributed by atoms with Crippen LogP contribution in [-0.4, -0.2) is 11.8 Å².